The van der Waals surface area contributed by atoms with Crippen molar-refractivity contribution in [3.8, 4) is 5.92 Å². The molecule has 0 saturated heterocycles. The molecule has 1 aromatic carbocycles. The quantitative estimate of drug-likeness (QED) is 0.319. The summed E-state index contributed by atoms with van der Waals surface area (Å²) in [7, 11) is 0. The van der Waals surface area contributed by atoms with Gasteiger partial charge in [-0.05, 0) is 6.92 Å². The van der Waals surface area contributed by atoms with Gasteiger partial charge in [0.05, 0.1) is 0 Å². The predicted octanol–water partition coefficient (Wildman–Crippen LogP) is -0.827. The van der Waals surface area contributed by atoms with Gasteiger partial charge in [-0.1, -0.05) is 31.5 Å². The van der Waals surface area contributed by atoms with E-state index < -0.39 is 0 Å². The van der Waals surface area contributed by atoms with Crippen LogP contribution in [0.25, 0.3) is 0 Å². The maximum Gasteiger partial charge on any atom is 2.00 e. The summed E-state index contributed by atoms with van der Waals surface area (Å²) in [6, 6.07) is 4.15. The Labute approximate surface area is 107 Å². The first-order valence-electron chi connectivity index (χ1n) is 3.65. The molecule has 0 atom stereocenters. The fourth-order valence-corrected chi connectivity index (χ4v) is 1.38. The fourth-order valence-electron chi connectivity index (χ4n) is 1.38. The molecule has 1 rings (SSSR count). The Balaban J connectivity index is 0. The average Bonchev–Trinajstić information content (AvgIpc) is 1.85. The molecule has 1 aromatic rings. The van der Waals surface area contributed by atoms with E-state index in [1.807, 2.05) is 13.8 Å². The molecule has 0 fully saturated rings. The number of benzene rings is 1. The SMILES string of the molecule is [Br-].[C-]#Cc1c(C)cc(C)cc1C.[Mg+2]. The third kappa shape index (κ3) is 3.72. The van der Waals surface area contributed by atoms with Crippen LogP contribution in [-0.2, 0) is 0 Å². The van der Waals surface area contributed by atoms with E-state index >= 15 is 0 Å². The molecular formula is C11H11BrMg. The average molecular weight is 247 g/mol. The van der Waals surface area contributed by atoms with Crippen LogP contribution in [0.5, 0.6) is 0 Å². The molecular weight excluding hydrogens is 236 g/mol. The summed E-state index contributed by atoms with van der Waals surface area (Å²) < 4.78 is 0. The molecule has 0 spiro atoms. The van der Waals surface area contributed by atoms with Crippen molar-refractivity contribution in [3.63, 3.8) is 0 Å². The minimum absolute atomic E-state index is 0. The summed E-state index contributed by atoms with van der Waals surface area (Å²) in [4.78, 5) is 0. The number of halogens is 1. The normalized spacial score (nSPS) is 7.85. The van der Waals surface area contributed by atoms with E-state index in [9.17, 15) is 0 Å². The molecule has 0 aliphatic rings. The molecule has 0 unspecified atom stereocenters. The third-order valence-electron chi connectivity index (χ3n) is 1.80. The summed E-state index contributed by atoms with van der Waals surface area (Å²) >= 11 is 0. The summed E-state index contributed by atoms with van der Waals surface area (Å²) in [5.41, 5.74) is 4.45. The van der Waals surface area contributed by atoms with Gasteiger partial charge in [0.25, 0.3) is 0 Å². The van der Waals surface area contributed by atoms with Crippen LogP contribution in [0, 0.1) is 33.1 Å². The predicted molar refractivity (Wildman–Crippen MR) is 52.6 cm³/mol. The van der Waals surface area contributed by atoms with Gasteiger partial charge in [-0.25, -0.2) is 0 Å². The van der Waals surface area contributed by atoms with Crippen LogP contribution in [0.15, 0.2) is 12.1 Å². The summed E-state index contributed by atoms with van der Waals surface area (Å²) in [5.74, 6) is 2.44. The summed E-state index contributed by atoms with van der Waals surface area (Å²) in [6.07, 6.45) is 7.05. The first-order valence-corrected chi connectivity index (χ1v) is 3.65. The molecule has 2 heteroatoms. The van der Waals surface area contributed by atoms with E-state index in [0.717, 1.165) is 16.7 Å². The second kappa shape index (κ2) is 6.48. The minimum Gasteiger partial charge on any atom is -1.00 e. The van der Waals surface area contributed by atoms with E-state index in [2.05, 4.69) is 25.0 Å². The van der Waals surface area contributed by atoms with Crippen molar-refractivity contribution >= 4 is 23.1 Å². The van der Waals surface area contributed by atoms with Gasteiger partial charge in [0.1, 0.15) is 0 Å². The van der Waals surface area contributed by atoms with Crippen LogP contribution >= 0.6 is 0 Å². The molecule has 0 heterocycles. The fraction of sp³-hybridized carbons (Fsp3) is 0.273. The van der Waals surface area contributed by atoms with E-state index in [0.29, 0.717) is 0 Å². The molecule has 0 N–H and O–H groups in total. The Morgan fingerprint density at radius 3 is 1.77 bits per heavy atom. The number of rotatable bonds is 0. The Morgan fingerprint density at radius 2 is 1.46 bits per heavy atom. The molecule has 0 aromatic heterocycles. The second-order valence-electron chi connectivity index (χ2n) is 2.90. The topological polar surface area (TPSA) is 0 Å². The standard InChI is InChI=1S/C11H11.BrH.Mg/c1-5-11-9(3)6-8(2)7-10(11)4;;/h6-7H,2-4H3;1H;/q-1;;+2/p-1. The van der Waals surface area contributed by atoms with Gasteiger partial charge in [0, 0.05) is 0 Å². The monoisotopic (exact) mass is 246 g/mol. The van der Waals surface area contributed by atoms with Crippen LogP contribution in [-0.4, -0.2) is 23.1 Å². The number of hydrogen-bond donors (Lipinski definition) is 0. The van der Waals surface area contributed by atoms with Crippen molar-refractivity contribution in [1.29, 1.82) is 0 Å². The van der Waals surface area contributed by atoms with Crippen LogP contribution in [0.1, 0.15) is 22.3 Å². The molecule has 0 amide bonds. The molecule has 0 nitrogen and oxygen atoms in total. The van der Waals surface area contributed by atoms with E-state index in [1.54, 1.807) is 0 Å². The smallest absolute Gasteiger partial charge is 1.00 e. The minimum atomic E-state index is 0. The first-order chi connectivity index (χ1) is 5.15. The van der Waals surface area contributed by atoms with Gasteiger partial charge in [0.2, 0.25) is 0 Å². The Kier molecular flexibility index (Phi) is 7.72. The van der Waals surface area contributed by atoms with E-state index in [-0.39, 0.29) is 40.0 Å². The van der Waals surface area contributed by atoms with Gasteiger partial charge in [-0.3, -0.25) is 5.92 Å². The van der Waals surface area contributed by atoms with Crippen molar-refractivity contribution in [2.75, 3.05) is 0 Å². The van der Waals surface area contributed by atoms with Crippen molar-refractivity contribution in [3.05, 3.63) is 40.8 Å². The largest absolute Gasteiger partial charge is 2.00 e. The molecule has 64 valence electrons. The van der Waals surface area contributed by atoms with Crippen LogP contribution in [0.3, 0.4) is 0 Å². The zero-order chi connectivity index (χ0) is 8.43. The Morgan fingerprint density at radius 1 is 1.08 bits per heavy atom. The van der Waals surface area contributed by atoms with Gasteiger partial charge in [0.15, 0.2) is 0 Å². The zero-order valence-corrected chi connectivity index (χ0v) is 11.2. The van der Waals surface area contributed by atoms with Crippen molar-refractivity contribution in [2.24, 2.45) is 0 Å². The molecule has 0 radical (unpaired) electrons. The third-order valence-corrected chi connectivity index (χ3v) is 1.80. The summed E-state index contributed by atoms with van der Waals surface area (Å²) in [5, 5.41) is 0. The van der Waals surface area contributed by atoms with Gasteiger partial charge < -0.3 is 23.4 Å². The van der Waals surface area contributed by atoms with E-state index in [4.69, 9.17) is 6.42 Å². The number of aryl methyl sites for hydroxylation is 3. The molecule has 0 aliphatic heterocycles. The Hall–Kier alpha value is 0.0262. The van der Waals surface area contributed by atoms with Crippen LogP contribution in [0.4, 0.5) is 0 Å². The molecule has 0 bridgehead atoms. The van der Waals surface area contributed by atoms with Crippen LogP contribution < -0.4 is 17.0 Å². The molecule has 0 aliphatic carbocycles. The van der Waals surface area contributed by atoms with E-state index in [1.165, 1.54) is 5.56 Å². The van der Waals surface area contributed by atoms with Crippen molar-refractivity contribution in [2.45, 2.75) is 20.8 Å². The van der Waals surface area contributed by atoms with Gasteiger partial charge in [-0.2, -0.15) is 0 Å². The van der Waals surface area contributed by atoms with Crippen molar-refractivity contribution in [1.82, 2.24) is 0 Å². The van der Waals surface area contributed by atoms with Gasteiger partial charge >= 0.3 is 23.1 Å². The first kappa shape index (κ1) is 15.5. The molecule has 13 heavy (non-hydrogen) atoms. The number of hydrogen-bond acceptors (Lipinski definition) is 0. The van der Waals surface area contributed by atoms with Gasteiger partial charge in [-0.15, -0.1) is 16.7 Å². The second-order valence-corrected chi connectivity index (χ2v) is 2.90. The van der Waals surface area contributed by atoms with Crippen molar-refractivity contribution < 1.29 is 17.0 Å². The Bertz CT molecular complexity index is 300. The zero-order valence-electron chi connectivity index (χ0n) is 8.24. The van der Waals surface area contributed by atoms with Crippen LogP contribution in [0.2, 0.25) is 0 Å². The molecule has 0 saturated carbocycles. The summed E-state index contributed by atoms with van der Waals surface area (Å²) in [6.45, 7) is 6.08. The maximum absolute atomic E-state index is 7.05. The maximum atomic E-state index is 7.05.